The number of ketones is 1. The standard InChI is InChI=1S/C12H14BrClO2.C2H6/c1-7(2)11-8(13)4-5-10(16-3)12(11)9(15)6-14;1-2/h4-5,7H,6H2,1-3H3;1-2H3. The van der Waals surface area contributed by atoms with E-state index in [1.807, 2.05) is 33.8 Å². The lowest BCUT2D eigenvalue weighted by Crippen LogP contribution is -2.09. The number of ether oxygens (including phenoxy) is 1. The monoisotopic (exact) mass is 334 g/mol. The van der Waals surface area contributed by atoms with Gasteiger partial charge in [0.2, 0.25) is 0 Å². The van der Waals surface area contributed by atoms with Gasteiger partial charge in [0.1, 0.15) is 5.75 Å². The molecule has 18 heavy (non-hydrogen) atoms. The molecular formula is C14H20BrClO2. The van der Waals surface area contributed by atoms with Crippen molar-refractivity contribution in [2.24, 2.45) is 0 Å². The third-order valence-corrected chi connectivity index (χ3v) is 3.29. The molecule has 1 aromatic carbocycles. The average molecular weight is 336 g/mol. The third-order valence-electron chi connectivity index (χ3n) is 2.35. The van der Waals surface area contributed by atoms with Gasteiger partial charge in [0.25, 0.3) is 0 Å². The molecule has 1 aromatic rings. The Morgan fingerprint density at radius 1 is 1.39 bits per heavy atom. The van der Waals surface area contributed by atoms with Crippen LogP contribution in [0.1, 0.15) is 49.5 Å². The highest BCUT2D eigenvalue weighted by molar-refractivity contribution is 9.10. The Labute approximate surface area is 123 Å². The van der Waals surface area contributed by atoms with E-state index in [0.717, 1.165) is 10.0 Å². The van der Waals surface area contributed by atoms with Gasteiger partial charge in [-0.1, -0.05) is 43.6 Å². The molecule has 0 atom stereocenters. The first kappa shape index (κ1) is 17.5. The maximum atomic E-state index is 11.8. The maximum absolute atomic E-state index is 11.8. The molecule has 0 amide bonds. The van der Waals surface area contributed by atoms with Crippen LogP contribution in [0.2, 0.25) is 0 Å². The van der Waals surface area contributed by atoms with Crippen LogP contribution in [0.4, 0.5) is 0 Å². The lowest BCUT2D eigenvalue weighted by Gasteiger charge is -2.16. The SMILES string of the molecule is CC.COc1ccc(Br)c(C(C)C)c1C(=O)CCl. The number of alkyl halides is 1. The van der Waals surface area contributed by atoms with Crippen LogP contribution >= 0.6 is 27.5 Å². The number of hydrogen-bond donors (Lipinski definition) is 0. The summed E-state index contributed by atoms with van der Waals surface area (Å²) in [7, 11) is 1.55. The lowest BCUT2D eigenvalue weighted by atomic mass is 9.94. The van der Waals surface area contributed by atoms with Gasteiger partial charge in [0.15, 0.2) is 5.78 Å². The summed E-state index contributed by atoms with van der Waals surface area (Å²) >= 11 is 9.08. The number of carbonyl (C=O) groups excluding carboxylic acids is 1. The molecule has 0 heterocycles. The minimum absolute atomic E-state index is 0.0352. The van der Waals surface area contributed by atoms with Gasteiger partial charge in [-0.05, 0) is 23.6 Å². The van der Waals surface area contributed by atoms with Gasteiger partial charge >= 0.3 is 0 Å². The van der Waals surface area contributed by atoms with E-state index in [2.05, 4.69) is 15.9 Å². The Kier molecular flexibility index (Phi) is 8.29. The Morgan fingerprint density at radius 3 is 2.33 bits per heavy atom. The number of halogens is 2. The topological polar surface area (TPSA) is 26.3 Å². The highest BCUT2D eigenvalue weighted by Crippen LogP contribution is 2.34. The predicted molar refractivity (Wildman–Crippen MR) is 81.2 cm³/mol. The Morgan fingerprint density at radius 2 is 1.94 bits per heavy atom. The van der Waals surface area contributed by atoms with E-state index in [4.69, 9.17) is 16.3 Å². The Bertz CT molecular complexity index is 403. The van der Waals surface area contributed by atoms with Crippen LogP contribution in [0.25, 0.3) is 0 Å². The van der Waals surface area contributed by atoms with Crippen LogP contribution in [0, 0.1) is 0 Å². The molecule has 0 unspecified atom stereocenters. The van der Waals surface area contributed by atoms with Crippen LogP contribution in [0.15, 0.2) is 16.6 Å². The molecular weight excluding hydrogens is 316 g/mol. The molecule has 1 rings (SSSR count). The van der Waals surface area contributed by atoms with Crippen LogP contribution in [-0.4, -0.2) is 18.8 Å². The van der Waals surface area contributed by atoms with E-state index in [1.54, 1.807) is 13.2 Å². The lowest BCUT2D eigenvalue weighted by molar-refractivity contribution is 0.101. The van der Waals surface area contributed by atoms with Crippen molar-refractivity contribution in [2.45, 2.75) is 33.6 Å². The van der Waals surface area contributed by atoms with Crippen molar-refractivity contribution in [2.75, 3.05) is 13.0 Å². The number of carbonyl (C=O) groups is 1. The minimum atomic E-state index is -0.108. The van der Waals surface area contributed by atoms with Crippen LogP contribution in [-0.2, 0) is 0 Å². The molecule has 0 spiro atoms. The molecule has 0 saturated carbocycles. The van der Waals surface area contributed by atoms with Crippen molar-refractivity contribution >= 4 is 33.3 Å². The zero-order valence-corrected chi connectivity index (χ0v) is 13.9. The second-order valence-corrected chi connectivity index (χ2v) is 4.87. The molecule has 0 aliphatic carbocycles. The van der Waals surface area contributed by atoms with Crippen molar-refractivity contribution in [1.29, 1.82) is 0 Å². The second-order valence-electron chi connectivity index (χ2n) is 3.75. The van der Waals surface area contributed by atoms with Gasteiger partial charge < -0.3 is 4.74 Å². The molecule has 0 N–H and O–H groups in total. The maximum Gasteiger partial charge on any atom is 0.181 e. The van der Waals surface area contributed by atoms with Gasteiger partial charge in [-0.25, -0.2) is 0 Å². The van der Waals surface area contributed by atoms with E-state index in [9.17, 15) is 4.79 Å². The molecule has 0 bridgehead atoms. The second kappa shape index (κ2) is 8.54. The first-order chi connectivity index (χ1) is 8.52. The number of benzene rings is 1. The van der Waals surface area contributed by atoms with E-state index in [-0.39, 0.29) is 17.6 Å². The normalized spacial score (nSPS) is 9.78. The van der Waals surface area contributed by atoms with Crippen molar-refractivity contribution in [3.8, 4) is 5.75 Å². The number of methoxy groups -OCH3 is 1. The summed E-state index contributed by atoms with van der Waals surface area (Å²) in [6.07, 6.45) is 0. The van der Waals surface area contributed by atoms with E-state index in [1.165, 1.54) is 0 Å². The minimum Gasteiger partial charge on any atom is -0.496 e. The zero-order valence-electron chi connectivity index (χ0n) is 11.5. The molecule has 0 aliphatic heterocycles. The molecule has 0 saturated heterocycles. The predicted octanol–water partition coefficient (Wildman–Crippen LogP) is 5.03. The number of hydrogen-bond acceptors (Lipinski definition) is 2. The molecule has 0 fully saturated rings. The summed E-state index contributed by atoms with van der Waals surface area (Å²) in [5.41, 5.74) is 1.53. The van der Waals surface area contributed by atoms with Crippen LogP contribution in [0.5, 0.6) is 5.75 Å². The molecule has 0 aliphatic rings. The number of Topliss-reactive ketones (excluding diaryl/α,β-unsaturated/α-hetero) is 1. The quantitative estimate of drug-likeness (QED) is 0.570. The molecule has 0 radical (unpaired) electrons. The Hall–Kier alpha value is -0.540. The van der Waals surface area contributed by atoms with Crippen molar-refractivity contribution in [1.82, 2.24) is 0 Å². The highest BCUT2D eigenvalue weighted by atomic mass is 79.9. The summed E-state index contributed by atoms with van der Waals surface area (Å²) in [5, 5.41) is 0. The average Bonchev–Trinajstić information content (AvgIpc) is 2.39. The van der Waals surface area contributed by atoms with E-state index in [0.29, 0.717) is 11.3 Å². The summed E-state index contributed by atoms with van der Waals surface area (Å²) in [5.74, 6) is 0.666. The summed E-state index contributed by atoms with van der Waals surface area (Å²) in [6.45, 7) is 8.06. The van der Waals surface area contributed by atoms with Crippen LogP contribution < -0.4 is 4.74 Å². The molecule has 2 nitrogen and oxygen atoms in total. The molecule has 102 valence electrons. The summed E-state index contributed by atoms with van der Waals surface area (Å²) in [6, 6.07) is 3.66. The first-order valence-corrected chi connectivity index (χ1v) is 7.31. The van der Waals surface area contributed by atoms with Crippen molar-refractivity contribution < 1.29 is 9.53 Å². The summed E-state index contributed by atoms with van der Waals surface area (Å²) in [4.78, 5) is 11.8. The fourth-order valence-electron chi connectivity index (χ4n) is 1.66. The van der Waals surface area contributed by atoms with Crippen molar-refractivity contribution in [3.63, 3.8) is 0 Å². The fourth-order valence-corrected chi connectivity index (χ4v) is 2.58. The largest absolute Gasteiger partial charge is 0.496 e. The van der Waals surface area contributed by atoms with Gasteiger partial charge in [0, 0.05) is 4.47 Å². The molecule has 0 aromatic heterocycles. The van der Waals surface area contributed by atoms with Crippen LogP contribution in [0.3, 0.4) is 0 Å². The third kappa shape index (κ3) is 3.99. The van der Waals surface area contributed by atoms with Gasteiger partial charge in [-0.15, -0.1) is 11.6 Å². The van der Waals surface area contributed by atoms with Gasteiger partial charge in [-0.2, -0.15) is 0 Å². The first-order valence-electron chi connectivity index (χ1n) is 5.98. The van der Waals surface area contributed by atoms with E-state index < -0.39 is 0 Å². The summed E-state index contributed by atoms with van der Waals surface area (Å²) < 4.78 is 6.13. The Balaban J connectivity index is 0.00000137. The fraction of sp³-hybridized carbons (Fsp3) is 0.500. The van der Waals surface area contributed by atoms with Gasteiger partial charge in [0.05, 0.1) is 18.6 Å². The van der Waals surface area contributed by atoms with E-state index >= 15 is 0 Å². The van der Waals surface area contributed by atoms with Crippen molar-refractivity contribution in [3.05, 3.63) is 27.7 Å². The van der Waals surface area contributed by atoms with Gasteiger partial charge in [-0.3, -0.25) is 4.79 Å². The number of rotatable bonds is 4. The zero-order chi connectivity index (χ0) is 14.3. The highest BCUT2D eigenvalue weighted by Gasteiger charge is 2.20. The smallest absolute Gasteiger partial charge is 0.181 e. The molecule has 4 heteroatoms.